The number of thiazole rings is 1. The SMILES string of the molecule is CCCCC(c1ccc2c(c1)OCCO2)N1CCN(c2ncc(C(=O)N3CCN(C)CC3)s2)CC1. The first kappa shape index (κ1) is 24.3. The second-order valence-electron chi connectivity index (χ2n) is 9.69. The maximum Gasteiger partial charge on any atom is 0.265 e. The summed E-state index contributed by atoms with van der Waals surface area (Å²) in [6, 6.07) is 6.82. The summed E-state index contributed by atoms with van der Waals surface area (Å²) < 4.78 is 11.6. The lowest BCUT2D eigenvalue weighted by atomic mass is 9.98. The minimum atomic E-state index is 0.124. The molecule has 1 amide bonds. The lowest BCUT2D eigenvalue weighted by molar-refractivity contribution is 0.0668. The molecule has 0 spiro atoms. The number of aromatic nitrogens is 1. The number of benzene rings is 1. The first-order valence-corrected chi connectivity index (χ1v) is 13.8. The molecule has 1 unspecified atom stereocenters. The maximum absolute atomic E-state index is 12.9. The van der Waals surface area contributed by atoms with Crippen molar-refractivity contribution in [1.29, 1.82) is 0 Å². The Hall–Kier alpha value is -2.36. The van der Waals surface area contributed by atoms with Gasteiger partial charge in [0.1, 0.15) is 18.1 Å². The van der Waals surface area contributed by atoms with E-state index in [1.54, 1.807) is 6.20 Å². The van der Waals surface area contributed by atoms with Crippen LogP contribution in [0.4, 0.5) is 5.13 Å². The van der Waals surface area contributed by atoms with Crippen LogP contribution in [0.2, 0.25) is 0 Å². The van der Waals surface area contributed by atoms with Crippen molar-refractivity contribution >= 4 is 22.4 Å². The van der Waals surface area contributed by atoms with E-state index >= 15 is 0 Å². The average molecular weight is 500 g/mol. The van der Waals surface area contributed by atoms with Crippen molar-refractivity contribution in [3.8, 4) is 11.5 Å². The Bertz CT molecular complexity index is 999. The van der Waals surface area contributed by atoms with Gasteiger partial charge < -0.3 is 24.2 Å². The Morgan fingerprint density at radius 2 is 1.77 bits per heavy atom. The van der Waals surface area contributed by atoms with Crippen LogP contribution in [0.5, 0.6) is 11.5 Å². The van der Waals surface area contributed by atoms with E-state index in [0.717, 1.165) is 80.3 Å². The summed E-state index contributed by atoms with van der Waals surface area (Å²) in [6.45, 7) is 10.7. The number of amides is 1. The predicted octanol–water partition coefficient (Wildman–Crippen LogP) is 3.36. The number of likely N-dealkylation sites (N-methyl/N-ethyl adjacent to an activating group) is 1. The van der Waals surface area contributed by atoms with Gasteiger partial charge in [0.2, 0.25) is 0 Å². The fourth-order valence-corrected chi connectivity index (χ4v) is 6.06. The number of hydrogen-bond donors (Lipinski definition) is 0. The standard InChI is InChI=1S/C26H37N5O3S/c1-3-4-5-21(20-6-7-22-23(18-20)34-17-16-33-22)29-12-14-31(15-13-29)26-27-19-24(35-26)25(32)30-10-8-28(2)9-11-30/h6-7,18-19,21H,3-5,8-17H2,1-2H3. The van der Waals surface area contributed by atoms with Crippen molar-refractivity contribution in [2.45, 2.75) is 32.2 Å². The van der Waals surface area contributed by atoms with E-state index in [-0.39, 0.29) is 5.91 Å². The van der Waals surface area contributed by atoms with Crippen molar-refractivity contribution in [2.75, 3.05) is 77.5 Å². The second kappa shape index (κ2) is 11.1. The fraction of sp³-hybridized carbons (Fsp3) is 0.615. The maximum atomic E-state index is 12.9. The Morgan fingerprint density at radius 1 is 1.03 bits per heavy atom. The molecule has 2 aromatic rings. The molecule has 1 aromatic carbocycles. The van der Waals surface area contributed by atoms with E-state index < -0.39 is 0 Å². The Morgan fingerprint density at radius 3 is 2.51 bits per heavy atom. The highest BCUT2D eigenvalue weighted by atomic mass is 32.1. The molecule has 9 heteroatoms. The van der Waals surface area contributed by atoms with E-state index in [9.17, 15) is 4.79 Å². The Labute approximate surface area is 212 Å². The Balaban J connectivity index is 1.22. The van der Waals surface area contributed by atoms with Gasteiger partial charge in [-0.2, -0.15) is 0 Å². The third-order valence-electron chi connectivity index (χ3n) is 7.30. The molecule has 5 rings (SSSR count). The van der Waals surface area contributed by atoms with Gasteiger partial charge in [-0.15, -0.1) is 0 Å². The fourth-order valence-electron chi connectivity index (χ4n) is 5.12. The predicted molar refractivity (Wildman–Crippen MR) is 139 cm³/mol. The molecule has 1 aromatic heterocycles. The molecule has 35 heavy (non-hydrogen) atoms. The van der Waals surface area contributed by atoms with E-state index in [1.165, 1.54) is 29.7 Å². The molecule has 8 nitrogen and oxygen atoms in total. The lowest BCUT2D eigenvalue weighted by Crippen LogP contribution is -2.47. The van der Waals surface area contributed by atoms with E-state index in [2.05, 4.69) is 51.9 Å². The topological polar surface area (TPSA) is 61.4 Å². The van der Waals surface area contributed by atoms with Gasteiger partial charge in [0.15, 0.2) is 16.6 Å². The number of hydrogen-bond acceptors (Lipinski definition) is 8. The highest BCUT2D eigenvalue weighted by molar-refractivity contribution is 7.17. The highest BCUT2D eigenvalue weighted by Gasteiger charge is 2.28. The minimum absolute atomic E-state index is 0.124. The summed E-state index contributed by atoms with van der Waals surface area (Å²) in [7, 11) is 2.10. The summed E-state index contributed by atoms with van der Waals surface area (Å²) in [4.78, 5) is 27.5. The van der Waals surface area contributed by atoms with Crippen molar-refractivity contribution in [2.24, 2.45) is 0 Å². The van der Waals surface area contributed by atoms with Gasteiger partial charge in [-0.1, -0.05) is 37.2 Å². The van der Waals surface area contributed by atoms with E-state index in [1.807, 2.05) is 4.90 Å². The van der Waals surface area contributed by atoms with Gasteiger partial charge in [-0.3, -0.25) is 9.69 Å². The van der Waals surface area contributed by atoms with Gasteiger partial charge in [0, 0.05) is 58.4 Å². The monoisotopic (exact) mass is 499 g/mol. The number of fused-ring (bicyclic) bond motifs is 1. The van der Waals surface area contributed by atoms with Crippen LogP contribution in [-0.4, -0.2) is 98.2 Å². The normalized spacial score (nSPS) is 20.2. The smallest absolute Gasteiger partial charge is 0.265 e. The number of rotatable bonds is 7. The molecule has 0 N–H and O–H groups in total. The van der Waals surface area contributed by atoms with Crippen LogP contribution >= 0.6 is 11.3 Å². The molecule has 3 aliphatic rings. The molecule has 0 aliphatic carbocycles. The minimum Gasteiger partial charge on any atom is -0.486 e. The molecular weight excluding hydrogens is 462 g/mol. The van der Waals surface area contributed by atoms with Crippen LogP contribution < -0.4 is 14.4 Å². The van der Waals surface area contributed by atoms with E-state index in [4.69, 9.17) is 9.47 Å². The van der Waals surface area contributed by atoms with Crippen LogP contribution in [-0.2, 0) is 0 Å². The van der Waals surface area contributed by atoms with Crippen molar-refractivity contribution in [1.82, 2.24) is 19.7 Å². The molecule has 2 saturated heterocycles. The number of nitrogens with zero attached hydrogens (tertiary/aromatic N) is 5. The molecule has 0 saturated carbocycles. The second-order valence-corrected chi connectivity index (χ2v) is 10.7. The van der Waals surface area contributed by atoms with Crippen LogP contribution in [0.3, 0.4) is 0 Å². The van der Waals surface area contributed by atoms with Crippen molar-refractivity contribution < 1.29 is 14.3 Å². The zero-order valence-corrected chi connectivity index (χ0v) is 21.8. The van der Waals surface area contributed by atoms with Crippen molar-refractivity contribution in [3.05, 3.63) is 34.8 Å². The average Bonchev–Trinajstić information content (AvgIpc) is 3.40. The number of anilines is 1. The van der Waals surface area contributed by atoms with Gasteiger partial charge in [0.25, 0.3) is 5.91 Å². The number of ether oxygens (including phenoxy) is 2. The first-order valence-electron chi connectivity index (χ1n) is 12.9. The number of carbonyl (C=O) groups excluding carboxylic acids is 1. The molecule has 2 fully saturated rings. The van der Waals surface area contributed by atoms with Gasteiger partial charge in [-0.05, 0) is 31.2 Å². The molecule has 0 radical (unpaired) electrons. The molecule has 190 valence electrons. The Kier molecular flexibility index (Phi) is 7.75. The number of piperazine rings is 2. The van der Waals surface area contributed by atoms with Crippen molar-refractivity contribution in [3.63, 3.8) is 0 Å². The third kappa shape index (κ3) is 5.57. The molecular formula is C26H37N5O3S. The van der Waals surface area contributed by atoms with Crippen LogP contribution in [0.25, 0.3) is 0 Å². The summed E-state index contributed by atoms with van der Waals surface area (Å²) >= 11 is 1.54. The lowest BCUT2D eigenvalue weighted by Gasteiger charge is -2.39. The molecule has 4 heterocycles. The number of unbranched alkanes of at least 4 members (excludes halogenated alkanes) is 1. The molecule has 1 atom stereocenters. The summed E-state index contributed by atoms with van der Waals surface area (Å²) in [5.74, 6) is 1.85. The zero-order valence-electron chi connectivity index (χ0n) is 20.9. The molecule has 3 aliphatic heterocycles. The quantitative estimate of drug-likeness (QED) is 0.579. The zero-order chi connectivity index (χ0) is 24.2. The summed E-state index contributed by atoms with van der Waals surface area (Å²) in [6.07, 6.45) is 5.29. The first-order chi connectivity index (χ1) is 17.1. The van der Waals surface area contributed by atoms with Gasteiger partial charge in [-0.25, -0.2) is 4.98 Å². The summed E-state index contributed by atoms with van der Waals surface area (Å²) in [5.41, 5.74) is 1.31. The highest BCUT2D eigenvalue weighted by Crippen LogP contribution is 2.36. The van der Waals surface area contributed by atoms with E-state index in [0.29, 0.717) is 19.3 Å². The van der Waals surface area contributed by atoms with Crippen LogP contribution in [0, 0.1) is 0 Å². The van der Waals surface area contributed by atoms with Crippen LogP contribution in [0.15, 0.2) is 24.4 Å². The largest absolute Gasteiger partial charge is 0.486 e. The number of carbonyl (C=O) groups is 1. The third-order valence-corrected chi connectivity index (χ3v) is 8.35. The molecule has 0 bridgehead atoms. The van der Waals surface area contributed by atoms with Gasteiger partial charge in [0.05, 0.1) is 6.20 Å². The summed E-state index contributed by atoms with van der Waals surface area (Å²) in [5, 5.41) is 0.964. The van der Waals surface area contributed by atoms with Crippen LogP contribution in [0.1, 0.15) is 47.5 Å². The van der Waals surface area contributed by atoms with Gasteiger partial charge >= 0.3 is 0 Å².